The van der Waals surface area contributed by atoms with Crippen molar-refractivity contribution in [2.24, 2.45) is 0 Å². The maximum absolute atomic E-state index is 13.2. The van der Waals surface area contributed by atoms with Gasteiger partial charge >= 0.3 is 6.03 Å². The SMILES string of the molecule is CC(C)N(CCNC(=O)NCc1cc(F)cc(Br)c1)C1CC1. The van der Waals surface area contributed by atoms with E-state index in [1.807, 2.05) is 0 Å². The topological polar surface area (TPSA) is 44.4 Å². The number of nitrogens with one attached hydrogen (secondary N) is 2. The Hall–Kier alpha value is -1.14. The van der Waals surface area contributed by atoms with Crippen molar-refractivity contribution in [3.8, 4) is 0 Å². The van der Waals surface area contributed by atoms with Gasteiger partial charge in [0.25, 0.3) is 0 Å². The summed E-state index contributed by atoms with van der Waals surface area (Å²) in [4.78, 5) is 14.2. The summed E-state index contributed by atoms with van der Waals surface area (Å²) in [6.45, 7) is 6.15. The van der Waals surface area contributed by atoms with Crippen LogP contribution < -0.4 is 10.6 Å². The van der Waals surface area contributed by atoms with Crippen molar-refractivity contribution < 1.29 is 9.18 Å². The lowest BCUT2D eigenvalue weighted by Gasteiger charge is -2.26. The van der Waals surface area contributed by atoms with Gasteiger partial charge in [0.05, 0.1) is 0 Å². The standard InChI is InChI=1S/C16H23BrFN3O/c1-11(2)21(15-3-4-15)6-5-19-16(22)20-10-12-7-13(17)9-14(18)8-12/h7-9,11,15H,3-6,10H2,1-2H3,(H2,19,20,22). The number of hydrogen-bond donors (Lipinski definition) is 2. The van der Waals surface area contributed by atoms with Gasteiger partial charge in [-0.3, -0.25) is 4.90 Å². The van der Waals surface area contributed by atoms with Crippen LogP contribution >= 0.6 is 15.9 Å². The molecule has 22 heavy (non-hydrogen) atoms. The summed E-state index contributed by atoms with van der Waals surface area (Å²) in [6.07, 6.45) is 2.53. The van der Waals surface area contributed by atoms with E-state index in [4.69, 9.17) is 0 Å². The maximum atomic E-state index is 13.2. The number of urea groups is 1. The molecule has 122 valence electrons. The molecule has 0 spiro atoms. The smallest absolute Gasteiger partial charge is 0.315 e. The molecule has 2 N–H and O–H groups in total. The van der Waals surface area contributed by atoms with Crippen LogP contribution in [0.4, 0.5) is 9.18 Å². The number of benzene rings is 1. The van der Waals surface area contributed by atoms with E-state index in [9.17, 15) is 9.18 Å². The third kappa shape index (κ3) is 5.57. The van der Waals surface area contributed by atoms with Gasteiger partial charge in [-0.05, 0) is 50.5 Å². The maximum Gasteiger partial charge on any atom is 0.315 e. The lowest BCUT2D eigenvalue weighted by Crippen LogP contribution is -2.42. The molecule has 1 aromatic rings. The number of halogens is 2. The van der Waals surface area contributed by atoms with E-state index in [-0.39, 0.29) is 11.8 Å². The summed E-state index contributed by atoms with van der Waals surface area (Å²) < 4.78 is 13.9. The Bertz CT molecular complexity index is 498. The van der Waals surface area contributed by atoms with E-state index in [1.165, 1.54) is 25.0 Å². The monoisotopic (exact) mass is 371 g/mol. The summed E-state index contributed by atoms with van der Waals surface area (Å²) in [5, 5.41) is 5.60. The molecule has 0 atom stereocenters. The number of carbonyl (C=O) groups is 1. The van der Waals surface area contributed by atoms with Crippen molar-refractivity contribution in [2.75, 3.05) is 13.1 Å². The van der Waals surface area contributed by atoms with Crippen molar-refractivity contribution in [3.63, 3.8) is 0 Å². The lowest BCUT2D eigenvalue weighted by atomic mass is 10.2. The molecule has 0 aliphatic heterocycles. The third-order valence-electron chi connectivity index (χ3n) is 3.71. The second-order valence-corrected chi connectivity index (χ2v) is 6.87. The van der Waals surface area contributed by atoms with Crippen LogP contribution in [0, 0.1) is 5.82 Å². The first kappa shape index (κ1) is 17.2. The van der Waals surface area contributed by atoms with Gasteiger partial charge in [-0.25, -0.2) is 9.18 Å². The zero-order chi connectivity index (χ0) is 16.1. The van der Waals surface area contributed by atoms with Gasteiger partial charge < -0.3 is 10.6 Å². The minimum atomic E-state index is -0.316. The molecule has 1 saturated carbocycles. The molecule has 1 fully saturated rings. The van der Waals surface area contributed by atoms with Crippen LogP contribution in [0.2, 0.25) is 0 Å². The molecule has 0 aromatic heterocycles. The molecule has 0 saturated heterocycles. The van der Waals surface area contributed by atoms with Gasteiger partial charge in [0.1, 0.15) is 5.82 Å². The molecule has 0 bridgehead atoms. The van der Waals surface area contributed by atoms with Crippen molar-refractivity contribution in [2.45, 2.75) is 45.3 Å². The van der Waals surface area contributed by atoms with Crippen LogP contribution in [0.15, 0.2) is 22.7 Å². The summed E-state index contributed by atoms with van der Waals surface area (Å²) in [6, 6.07) is 5.56. The number of carbonyl (C=O) groups excluding carboxylic acids is 1. The van der Waals surface area contributed by atoms with E-state index in [2.05, 4.69) is 45.3 Å². The molecule has 0 radical (unpaired) electrons. The summed E-state index contributed by atoms with van der Waals surface area (Å²) >= 11 is 3.24. The van der Waals surface area contributed by atoms with Crippen LogP contribution in [0.1, 0.15) is 32.3 Å². The molecule has 0 unspecified atom stereocenters. The van der Waals surface area contributed by atoms with E-state index >= 15 is 0 Å². The largest absolute Gasteiger partial charge is 0.337 e. The molecule has 4 nitrogen and oxygen atoms in total. The fourth-order valence-electron chi connectivity index (χ4n) is 2.52. The van der Waals surface area contributed by atoms with Crippen molar-refractivity contribution >= 4 is 22.0 Å². The molecule has 1 aliphatic rings. The zero-order valence-electron chi connectivity index (χ0n) is 13.0. The second-order valence-electron chi connectivity index (χ2n) is 5.95. The Morgan fingerprint density at radius 3 is 2.68 bits per heavy atom. The quantitative estimate of drug-likeness (QED) is 0.772. The summed E-state index contributed by atoms with van der Waals surface area (Å²) in [5.41, 5.74) is 0.726. The van der Waals surface area contributed by atoms with Gasteiger partial charge in [-0.15, -0.1) is 0 Å². The zero-order valence-corrected chi connectivity index (χ0v) is 14.6. The molecule has 6 heteroatoms. The fraction of sp³-hybridized carbons (Fsp3) is 0.562. The molecule has 1 aliphatic carbocycles. The van der Waals surface area contributed by atoms with Gasteiger partial charge in [0, 0.05) is 36.2 Å². The highest BCUT2D eigenvalue weighted by molar-refractivity contribution is 9.10. The van der Waals surface area contributed by atoms with E-state index in [0.29, 0.717) is 29.6 Å². The molecular weight excluding hydrogens is 349 g/mol. The highest BCUT2D eigenvalue weighted by Crippen LogP contribution is 2.27. The Morgan fingerprint density at radius 1 is 1.36 bits per heavy atom. The molecule has 0 heterocycles. The highest BCUT2D eigenvalue weighted by atomic mass is 79.9. The summed E-state index contributed by atoms with van der Waals surface area (Å²) in [7, 11) is 0. The normalized spacial score (nSPS) is 14.5. The lowest BCUT2D eigenvalue weighted by molar-refractivity contribution is 0.207. The Kier molecular flexibility index (Phi) is 6.20. The Morgan fingerprint density at radius 2 is 2.09 bits per heavy atom. The van der Waals surface area contributed by atoms with Crippen LogP contribution in [0.3, 0.4) is 0 Å². The first-order valence-corrected chi connectivity index (χ1v) is 8.47. The Labute approximate surface area is 139 Å². The molecule has 2 amide bonds. The number of rotatable bonds is 7. The van der Waals surface area contributed by atoms with E-state index in [0.717, 1.165) is 12.1 Å². The van der Waals surface area contributed by atoms with Crippen molar-refractivity contribution in [1.82, 2.24) is 15.5 Å². The second kappa shape index (κ2) is 7.92. The van der Waals surface area contributed by atoms with Crippen LogP contribution in [-0.2, 0) is 6.54 Å². The van der Waals surface area contributed by atoms with Crippen LogP contribution in [0.5, 0.6) is 0 Å². The van der Waals surface area contributed by atoms with Gasteiger partial charge in [0.15, 0.2) is 0 Å². The predicted octanol–water partition coefficient (Wildman–Crippen LogP) is 3.26. The highest BCUT2D eigenvalue weighted by Gasteiger charge is 2.30. The first-order valence-electron chi connectivity index (χ1n) is 7.68. The average Bonchev–Trinajstić information content (AvgIpc) is 3.24. The first-order chi connectivity index (χ1) is 10.5. The van der Waals surface area contributed by atoms with Crippen molar-refractivity contribution in [3.05, 3.63) is 34.1 Å². The van der Waals surface area contributed by atoms with Crippen LogP contribution in [-0.4, -0.2) is 36.1 Å². The minimum absolute atomic E-state index is 0.222. The molecule has 2 rings (SSSR count). The molecule has 1 aromatic carbocycles. The number of nitrogens with zero attached hydrogens (tertiary/aromatic N) is 1. The van der Waals surface area contributed by atoms with Gasteiger partial charge in [-0.2, -0.15) is 0 Å². The average molecular weight is 372 g/mol. The van der Waals surface area contributed by atoms with Crippen LogP contribution in [0.25, 0.3) is 0 Å². The van der Waals surface area contributed by atoms with E-state index < -0.39 is 0 Å². The predicted molar refractivity (Wildman–Crippen MR) is 89.2 cm³/mol. The number of hydrogen-bond acceptors (Lipinski definition) is 2. The van der Waals surface area contributed by atoms with Gasteiger partial charge in [0.2, 0.25) is 0 Å². The number of amides is 2. The minimum Gasteiger partial charge on any atom is -0.337 e. The molecular formula is C16H23BrFN3O. The fourth-order valence-corrected chi connectivity index (χ4v) is 3.04. The Balaban J connectivity index is 1.69. The van der Waals surface area contributed by atoms with Gasteiger partial charge in [-0.1, -0.05) is 15.9 Å². The summed E-state index contributed by atoms with van der Waals surface area (Å²) in [5.74, 6) is -0.316. The van der Waals surface area contributed by atoms with E-state index in [1.54, 1.807) is 6.07 Å². The third-order valence-corrected chi connectivity index (χ3v) is 4.17. The van der Waals surface area contributed by atoms with Crippen molar-refractivity contribution in [1.29, 1.82) is 0 Å².